The van der Waals surface area contributed by atoms with Crippen molar-refractivity contribution in [2.45, 2.75) is 32.7 Å². The fourth-order valence-corrected chi connectivity index (χ4v) is 3.12. The highest BCUT2D eigenvalue weighted by molar-refractivity contribution is 14.0. The first-order valence-corrected chi connectivity index (χ1v) is 9.00. The average molecular weight is 465 g/mol. The molecule has 0 aliphatic carbocycles. The van der Waals surface area contributed by atoms with Gasteiger partial charge in [-0.15, -0.1) is 24.0 Å². The molecule has 6 heteroatoms. The fraction of sp³-hybridized carbons (Fsp3) is 0.611. The van der Waals surface area contributed by atoms with Crippen LogP contribution in [0.3, 0.4) is 0 Å². The van der Waals surface area contributed by atoms with Crippen molar-refractivity contribution in [2.75, 3.05) is 33.2 Å². The Hall–Kier alpha value is -0.530. The van der Waals surface area contributed by atoms with Crippen LogP contribution in [0.2, 0.25) is 5.02 Å². The van der Waals surface area contributed by atoms with Crippen molar-refractivity contribution >= 4 is 41.5 Å². The lowest BCUT2D eigenvalue weighted by Crippen LogP contribution is -2.39. The van der Waals surface area contributed by atoms with E-state index in [-0.39, 0.29) is 24.0 Å². The van der Waals surface area contributed by atoms with Gasteiger partial charge in [0.25, 0.3) is 0 Å². The van der Waals surface area contributed by atoms with Crippen LogP contribution in [-0.2, 0) is 6.54 Å². The van der Waals surface area contributed by atoms with Crippen molar-refractivity contribution in [3.63, 3.8) is 0 Å². The maximum absolute atomic E-state index is 5.90. The second-order valence-corrected chi connectivity index (χ2v) is 6.58. The Balaban J connectivity index is 0.00000288. The Labute approximate surface area is 168 Å². The molecule has 136 valence electrons. The molecule has 1 aliphatic rings. The van der Waals surface area contributed by atoms with E-state index in [0.717, 1.165) is 30.0 Å². The van der Waals surface area contributed by atoms with E-state index in [2.05, 4.69) is 27.4 Å². The first-order valence-electron chi connectivity index (χ1n) is 8.62. The minimum Gasteiger partial charge on any atom is -0.356 e. The normalized spacial score (nSPS) is 16.5. The number of aliphatic imine (C=N–C) groups is 1. The quantitative estimate of drug-likeness (QED) is 0.383. The van der Waals surface area contributed by atoms with Crippen LogP contribution in [0.15, 0.2) is 29.3 Å². The van der Waals surface area contributed by atoms with Gasteiger partial charge < -0.3 is 15.5 Å². The third kappa shape index (κ3) is 7.57. The lowest BCUT2D eigenvalue weighted by molar-refractivity contribution is 0.187. The van der Waals surface area contributed by atoms with Crippen LogP contribution in [0.5, 0.6) is 0 Å². The third-order valence-electron chi connectivity index (χ3n) is 4.60. The summed E-state index contributed by atoms with van der Waals surface area (Å²) in [5.74, 6) is 1.71. The summed E-state index contributed by atoms with van der Waals surface area (Å²) in [7, 11) is 1.82. The van der Waals surface area contributed by atoms with Gasteiger partial charge in [-0.3, -0.25) is 4.99 Å². The minimum absolute atomic E-state index is 0. The zero-order valence-corrected chi connectivity index (χ0v) is 17.8. The predicted molar refractivity (Wildman–Crippen MR) is 115 cm³/mol. The maximum atomic E-state index is 5.90. The standard InChI is InChI=1S/C18H29ClN4.HI/c1-3-23-12-9-15(10-13-23)8-11-21-18(20-2)22-14-16-4-6-17(19)7-5-16;/h4-7,15H,3,8-14H2,1-2H3,(H2,20,21,22);1H. The summed E-state index contributed by atoms with van der Waals surface area (Å²) in [5.41, 5.74) is 1.20. The number of nitrogens with zero attached hydrogens (tertiary/aromatic N) is 2. The number of piperidine rings is 1. The fourth-order valence-electron chi connectivity index (χ4n) is 2.99. The Morgan fingerprint density at radius 2 is 1.88 bits per heavy atom. The molecule has 24 heavy (non-hydrogen) atoms. The summed E-state index contributed by atoms with van der Waals surface area (Å²) >= 11 is 5.90. The second-order valence-electron chi connectivity index (χ2n) is 6.15. The zero-order chi connectivity index (χ0) is 16.5. The smallest absolute Gasteiger partial charge is 0.191 e. The van der Waals surface area contributed by atoms with Gasteiger partial charge in [-0.1, -0.05) is 30.7 Å². The van der Waals surface area contributed by atoms with E-state index >= 15 is 0 Å². The molecule has 1 aromatic rings. The SMILES string of the molecule is CCN1CCC(CCNC(=NC)NCc2ccc(Cl)cc2)CC1.I. The van der Waals surface area contributed by atoms with Crippen molar-refractivity contribution in [2.24, 2.45) is 10.9 Å². The highest BCUT2D eigenvalue weighted by atomic mass is 127. The first kappa shape index (κ1) is 21.5. The molecular formula is C18H30ClIN4. The van der Waals surface area contributed by atoms with Crippen molar-refractivity contribution in [3.05, 3.63) is 34.9 Å². The van der Waals surface area contributed by atoms with Crippen LogP contribution in [-0.4, -0.2) is 44.1 Å². The van der Waals surface area contributed by atoms with Crippen LogP contribution in [0, 0.1) is 5.92 Å². The van der Waals surface area contributed by atoms with E-state index in [1.54, 1.807) is 0 Å². The van der Waals surface area contributed by atoms with Gasteiger partial charge in [0.15, 0.2) is 5.96 Å². The highest BCUT2D eigenvalue weighted by Crippen LogP contribution is 2.19. The summed E-state index contributed by atoms with van der Waals surface area (Å²) in [4.78, 5) is 6.83. The van der Waals surface area contributed by atoms with Gasteiger partial charge in [0.1, 0.15) is 0 Å². The van der Waals surface area contributed by atoms with E-state index < -0.39 is 0 Å². The van der Waals surface area contributed by atoms with Crippen LogP contribution >= 0.6 is 35.6 Å². The molecule has 0 amide bonds. The molecule has 0 bridgehead atoms. The molecule has 1 heterocycles. The monoisotopic (exact) mass is 464 g/mol. The van der Waals surface area contributed by atoms with Gasteiger partial charge >= 0.3 is 0 Å². The predicted octanol–water partition coefficient (Wildman–Crippen LogP) is 3.75. The average Bonchev–Trinajstić information content (AvgIpc) is 2.60. The number of halogens is 2. The van der Waals surface area contributed by atoms with Crippen molar-refractivity contribution in [1.82, 2.24) is 15.5 Å². The van der Waals surface area contributed by atoms with E-state index in [4.69, 9.17) is 11.6 Å². The number of nitrogens with one attached hydrogen (secondary N) is 2. The molecule has 1 aromatic carbocycles. The molecular weight excluding hydrogens is 435 g/mol. The largest absolute Gasteiger partial charge is 0.356 e. The van der Waals surface area contributed by atoms with Gasteiger partial charge in [0.2, 0.25) is 0 Å². The van der Waals surface area contributed by atoms with E-state index in [1.807, 2.05) is 31.3 Å². The molecule has 1 aliphatic heterocycles. The molecule has 1 fully saturated rings. The Morgan fingerprint density at radius 3 is 2.46 bits per heavy atom. The Bertz CT molecular complexity index is 484. The molecule has 0 spiro atoms. The van der Waals surface area contributed by atoms with E-state index in [1.165, 1.54) is 44.5 Å². The number of guanidine groups is 1. The van der Waals surface area contributed by atoms with Crippen LogP contribution in [0.25, 0.3) is 0 Å². The number of hydrogen-bond acceptors (Lipinski definition) is 2. The third-order valence-corrected chi connectivity index (χ3v) is 4.85. The summed E-state index contributed by atoms with van der Waals surface area (Å²) in [6.45, 7) is 7.68. The molecule has 2 rings (SSSR count). The lowest BCUT2D eigenvalue weighted by atomic mass is 9.93. The summed E-state index contributed by atoms with van der Waals surface area (Å²) in [6.07, 6.45) is 3.87. The molecule has 2 N–H and O–H groups in total. The van der Waals surface area contributed by atoms with Crippen molar-refractivity contribution in [1.29, 1.82) is 0 Å². The van der Waals surface area contributed by atoms with Crippen molar-refractivity contribution in [3.8, 4) is 0 Å². The molecule has 0 unspecified atom stereocenters. The lowest BCUT2D eigenvalue weighted by Gasteiger charge is -2.31. The maximum Gasteiger partial charge on any atom is 0.191 e. The van der Waals surface area contributed by atoms with Gasteiger partial charge in [0, 0.05) is 25.2 Å². The van der Waals surface area contributed by atoms with E-state index in [0.29, 0.717) is 0 Å². The summed E-state index contributed by atoms with van der Waals surface area (Å²) in [6, 6.07) is 7.89. The van der Waals surface area contributed by atoms with Gasteiger partial charge in [0.05, 0.1) is 0 Å². The Kier molecular flexibility index (Phi) is 10.7. The highest BCUT2D eigenvalue weighted by Gasteiger charge is 2.17. The van der Waals surface area contributed by atoms with Crippen LogP contribution in [0.4, 0.5) is 0 Å². The second kappa shape index (κ2) is 11.9. The minimum atomic E-state index is 0. The van der Waals surface area contributed by atoms with Gasteiger partial charge in [-0.25, -0.2) is 0 Å². The number of likely N-dealkylation sites (tertiary alicyclic amines) is 1. The van der Waals surface area contributed by atoms with Crippen molar-refractivity contribution < 1.29 is 0 Å². The van der Waals surface area contributed by atoms with Crippen LogP contribution < -0.4 is 10.6 Å². The molecule has 0 atom stereocenters. The topological polar surface area (TPSA) is 39.7 Å². The first-order chi connectivity index (χ1) is 11.2. The van der Waals surface area contributed by atoms with E-state index in [9.17, 15) is 0 Å². The number of hydrogen-bond donors (Lipinski definition) is 2. The summed E-state index contributed by atoms with van der Waals surface area (Å²) in [5, 5.41) is 7.54. The zero-order valence-electron chi connectivity index (χ0n) is 14.7. The van der Waals surface area contributed by atoms with Crippen LogP contribution in [0.1, 0.15) is 31.7 Å². The Morgan fingerprint density at radius 1 is 1.21 bits per heavy atom. The summed E-state index contributed by atoms with van der Waals surface area (Å²) < 4.78 is 0. The molecule has 4 nitrogen and oxygen atoms in total. The molecule has 0 radical (unpaired) electrons. The van der Waals surface area contributed by atoms with Gasteiger partial charge in [-0.2, -0.15) is 0 Å². The van der Waals surface area contributed by atoms with Gasteiger partial charge in [-0.05, 0) is 62.5 Å². The number of benzene rings is 1. The molecule has 0 aromatic heterocycles. The molecule has 0 saturated carbocycles. The molecule has 1 saturated heterocycles. The number of rotatable bonds is 6.